The molecule has 2 heterocycles. The third kappa shape index (κ3) is 4.10. The maximum Gasteiger partial charge on any atom is 0.237 e. The van der Waals surface area contributed by atoms with Gasteiger partial charge in [0.15, 0.2) is 0 Å². The van der Waals surface area contributed by atoms with Gasteiger partial charge in [0.05, 0.1) is 19.6 Å². The van der Waals surface area contributed by atoms with E-state index in [-0.39, 0.29) is 24.1 Å². The zero-order chi connectivity index (χ0) is 17.8. The molecule has 6 nitrogen and oxygen atoms in total. The predicted molar refractivity (Wildman–Crippen MR) is 90.6 cm³/mol. The molecule has 3 rings (SSSR count). The first kappa shape index (κ1) is 17.7. The van der Waals surface area contributed by atoms with Crippen LogP contribution >= 0.6 is 0 Å². The van der Waals surface area contributed by atoms with Gasteiger partial charge in [0, 0.05) is 44.4 Å². The minimum Gasteiger partial charge on any atom is -0.497 e. The van der Waals surface area contributed by atoms with E-state index in [9.17, 15) is 14.0 Å². The van der Waals surface area contributed by atoms with Crippen molar-refractivity contribution in [2.75, 3.05) is 33.3 Å². The lowest BCUT2D eigenvalue weighted by Gasteiger charge is -2.35. The Morgan fingerprint density at radius 2 is 2.08 bits per heavy atom. The van der Waals surface area contributed by atoms with E-state index in [0.717, 1.165) is 25.9 Å². The summed E-state index contributed by atoms with van der Waals surface area (Å²) in [5.74, 6) is -0.0687. The fourth-order valence-electron chi connectivity index (χ4n) is 3.44. The quantitative estimate of drug-likeness (QED) is 0.866. The molecule has 2 aliphatic heterocycles. The molecule has 1 aromatic rings. The zero-order valence-electron chi connectivity index (χ0n) is 14.5. The molecule has 0 spiro atoms. The van der Waals surface area contributed by atoms with Gasteiger partial charge in [-0.1, -0.05) is 6.07 Å². The number of amides is 2. The average molecular weight is 349 g/mol. The number of ether oxygens (including phenoxy) is 1. The Kier molecular flexibility index (Phi) is 5.53. The fourth-order valence-corrected chi connectivity index (χ4v) is 3.44. The number of rotatable bonds is 5. The molecule has 0 aliphatic carbocycles. The fraction of sp³-hybridized carbons (Fsp3) is 0.556. The molecule has 0 unspecified atom stereocenters. The topological polar surface area (TPSA) is 61.9 Å². The summed E-state index contributed by atoms with van der Waals surface area (Å²) in [6.07, 6.45) is 2.18. The first-order chi connectivity index (χ1) is 12.1. The molecule has 2 aliphatic rings. The molecule has 7 heteroatoms. The number of methoxy groups -OCH3 is 1. The number of hydrogen-bond acceptors (Lipinski definition) is 4. The molecule has 1 atom stereocenters. The third-order valence-corrected chi connectivity index (χ3v) is 4.90. The summed E-state index contributed by atoms with van der Waals surface area (Å²) < 4.78 is 19.3. The van der Waals surface area contributed by atoms with Crippen LogP contribution in [0.5, 0.6) is 5.75 Å². The van der Waals surface area contributed by atoms with Gasteiger partial charge in [0.25, 0.3) is 0 Å². The Morgan fingerprint density at radius 3 is 2.76 bits per heavy atom. The summed E-state index contributed by atoms with van der Waals surface area (Å²) in [7, 11) is 1.49. The second kappa shape index (κ2) is 7.82. The molecule has 1 N–H and O–H groups in total. The molecule has 2 fully saturated rings. The Hall–Kier alpha value is -2.15. The second-order valence-corrected chi connectivity index (χ2v) is 6.53. The van der Waals surface area contributed by atoms with Gasteiger partial charge in [-0.15, -0.1) is 0 Å². The van der Waals surface area contributed by atoms with Gasteiger partial charge in [0.1, 0.15) is 11.6 Å². The van der Waals surface area contributed by atoms with Crippen LogP contribution < -0.4 is 10.1 Å². The van der Waals surface area contributed by atoms with Gasteiger partial charge in [-0.05, 0) is 18.9 Å². The molecular formula is C18H24FN3O3. The summed E-state index contributed by atoms with van der Waals surface area (Å²) in [5, 5.41) is 2.81. The first-order valence-electron chi connectivity index (χ1n) is 8.70. The number of nitrogens with one attached hydrogen (secondary N) is 1. The standard InChI is InChI=1S/C18H24FN3O3/c1-25-14-5-4-13(15(19)10-14)12-22-9-6-20-18(24)16(22)11-17(23)21-7-2-3-8-21/h4-5,10,16H,2-3,6-9,11-12H2,1H3,(H,20,24)/t16-/m0/s1. The largest absolute Gasteiger partial charge is 0.497 e. The number of nitrogens with zero attached hydrogens (tertiary/aromatic N) is 2. The van der Waals surface area contributed by atoms with E-state index >= 15 is 0 Å². The molecule has 0 radical (unpaired) electrons. The van der Waals surface area contributed by atoms with Crippen molar-refractivity contribution < 1.29 is 18.7 Å². The van der Waals surface area contributed by atoms with E-state index in [0.29, 0.717) is 30.9 Å². The highest BCUT2D eigenvalue weighted by atomic mass is 19.1. The molecule has 136 valence electrons. The number of likely N-dealkylation sites (tertiary alicyclic amines) is 1. The summed E-state index contributed by atoms with van der Waals surface area (Å²) in [4.78, 5) is 28.4. The van der Waals surface area contributed by atoms with Crippen molar-refractivity contribution in [3.8, 4) is 5.75 Å². The Balaban J connectivity index is 1.71. The number of halogens is 1. The lowest BCUT2D eigenvalue weighted by atomic mass is 10.1. The lowest BCUT2D eigenvalue weighted by Crippen LogP contribution is -2.56. The predicted octanol–water partition coefficient (Wildman–Crippen LogP) is 1.15. The highest BCUT2D eigenvalue weighted by Gasteiger charge is 2.33. The van der Waals surface area contributed by atoms with Gasteiger partial charge in [0.2, 0.25) is 11.8 Å². The van der Waals surface area contributed by atoms with E-state index in [4.69, 9.17) is 4.74 Å². The van der Waals surface area contributed by atoms with Crippen LogP contribution in [0, 0.1) is 5.82 Å². The average Bonchev–Trinajstić information content (AvgIpc) is 3.14. The number of piperazine rings is 1. The highest BCUT2D eigenvalue weighted by molar-refractivity contribution is 5.88. The maximum absolute atomic E-state index is 14.2. The minimum absolute atomic E-state index is 0.000229. The summed E-state index contributed by atoms with van der Waals surface area (Å²) in [6.45, 7) is 2.92. The maximum atomic E-state index is 14.2. The van der Waals surface area contributed by atoms with Crippen LogP contribution in [0.2, 0.25) is 0 Å². The van der Waals surface area contributed by atoms with Crippen LogP contribution in [0.15, 0.2) is 18.2 Å². The van der Waals surface area contributed by atoms with Gasteiger partial charge >= 0.3 is 0 Å². The van der Waals surface area contributed by atoms with Crippen LogP contribution in [0.25, 0.3) is 0 Å². The number of hydrogen-bond donors (Lipinski definition) is 1. The molecule has 25 heavy (non-hydrogen) atoms. The lowest BCUT2D eigenvalue weighted by molar-refractivity contribution is -0.138. The van der Waals surface area contributed by atoms with Crippen molar-refractivity contribution in [1.29, 1.82) is 0 Å². The zero-order valence-corrected chi connectivity index (χ0v) is 14.5. The van der Waals surface area contributed by atoms with Gasteiger partial charge < -0.3 is 15.0 Å². The van der Waals surface area contributed by atoms with E-state index in [1.54, 1.807) is 12.1 Å². The number of carbonyl (C=O) groups is 2. The monoisotopic (exact) mass is 349 g/mol. The number of carbonyl (C=O) groups excluding carboxylic acids is 2. The van der Waals surface area contributed by atoms with Crippen LogP contribution in [0.4, 0.5) is 4.39 Å². The molecule has 0 saturated carbocycles. The van der Waals surface area contributed by atoms with Crippen LogP contribution in [0.1, 0.15) is 24.8 Å². The van der Waals surface area contributed by atoms with Crippen molar-refractivity contribution in [1.82, 2.24) is 15.1 Å². The SMILES string of the molecule is COc1ccc(CN2CCNC(=O)[C@@H]2CC(=O)N2CCCC2)c(F)c1. The molecular weight excluding hydrogens is 325 g/mol. The van der Waals surface area contributed by atoms with E-state index in [1.165, 1.54) is 13.2 Å². The summed E-state index contributed by atoms with van der Waals surface area (Å²) in [5.41, 5.74) is 0.495. The van der Waals surface area contributed by atoms with Crippen molar-refractivity contribution in [2.45, 2.75) is 31.8 Å². The normalized spacial score (nSPS) is 21.3. The molecule has 0 aromatic heterocycles. The van der Waals surface area contributed by atoms with Gasteiger partial charge in [-0.3, -0.25) is 14.5 Å². The van der Waals surface area contributed by atoms with Crippen molar-refractivity contribution >= 4 is 11.8 Å². The summed E-state index contributed by atoms with van der Waals surface area (Å²) >= 11 is 0. The summed E-state index contributed by atoms with van der Waals surface area (Å²) in [6, 6.07) is 4.15. The Bertz CT molecular complexity index is 646. The van der Waals surface area contributed by atoms with Crippen molar-refractivity contribution in [3.63, 3.8) is 0 Å². The molecule has 0 bridgehead atoms. The molecule has 2 amide bonds. The highest BCUT2D eigenvalue weighted by Crippen LogP contribution is 2.21. The Labute approximate surface area is 146 Å². The molecule has 2 saturated heterocycles. The van der Waals surface area contributed by atoms with Crippen LogP contribution in [0.3, 0.4) is 0 Å². The van der Waals surface area contributed by atoms with Crippen molar-refractivity contribution in [2.24, 2.45) is 0 Å². The van der Waals surface area contributed by atoms with E-state index in [1.807, 2.05) is 9.80 Å². The van der Waals surface area contributed by atoms with Crippen LogP contribution in [-0.4, -0.2) is 60.9 Å². The van der Waals surface area contributed by atoms with Gasteiger partial charge in [-0.2, -0.15) is 0 Å². The third-order valence-electron chi connectivity index (χ3n) is 4.90. The molecule has 1 aromatic carbocycles. The van der Waals surface area contributed by atoms with Gasteiger partial charge in [-0.25, -0.2) is 4.39 Å². The smallest absolute Gasteiger partial charge is 0.237 e. The Morgan fingerprint density at radius 1 is 1.32 bits per heavy atom. The number of benzene rings is 1. The first-order valence-corrected chi connectivity index (χ1v) is 8.70. The van der Waals surface area contributed by atoms with Crippen LogP contribution in [-0.2, 0) is 16.1 Å². The minimum atomic E-state index is -0.552. The second-order valence-electron chi connectivity index (χ2n) is 6.53. The van der Waals surface area contributed by atoms with Crippen molar-refractivity contribution in [3.05, 3.63) is 29.6 Å². The van der Waals surface area contributed by atoms with E-state index in [2.05, 4.69) is 5.32 Å². The van der Waals surface area contributed by atoms with E-state index < -0.39 is 6.04 Å².